The van der Waals surface area contributed by atoms with Crippen LogP contribution in [0.25, 0.3) is 0 Å². The molecular weight excluding hydrogens is 486 g/mol. The summed E-state index contributed by atoms with van der Waals surface area (Å²) in [6.07, 6.45) is 7.61. The van der Waals surface area contributed by atoms with Crippen molar-refractivity contribution in [2.45, 2.75) is 99.8 Å². The molecule has 3 aliphatic heterocycles. The summed E-state index contributed by atoms with van der Waals surface area (Å²) < 4.78 is -1.08. The van der Waals surface area contributed by atoms with Crippen molar-refractivity contribution in [1.82, 2.24) is 10.2 Å². The molecule has 1 aromatic rings. The standard InChI is InChI=1S/C29H41N3O4S/c1-4-18(2)21(17-33)32-24(26(35)31-20-13-9-6-10-14-20)29-16-15-28(3,37-29)22(23(29)27(32)36)25(34)30-19-11-7-5-8-12-19/h5,7-8,11-12,18,20-24,33H,4,6,9-10,13-17H2,1-3H3,(H,30,34)(H,31,35)/t18-,21-,22+,23-,24?,28-,29?/m0/s1. The summed E-state index contributed by atoms with van der Waals surface area (Å²) in [5.74, 6) is -1.50. The van der Waals surface area contributed by atoms with Crippen molar-refractivity contribution in [3.05, 3.63) is 30.3 Å². The number of anilines is 1. The van der Waals surface area contributed by atoms with E-state index in [0.29, 0.717) is 5.69 Å². The SMILES string of the molecule is CC[C@H](C)[C@H](CO)N1C(=O)[C@@H]2[C@H](C(=O)Nc3ccccc3)[C@]3(C)CCC2(S3)C1C(=O)NC1CCCCC1. The fourth-order valence-electron chi connectivity index (χ4n) is 7.50. The summed E-state index contributed by atoms with van der Waals surface area (Å²) in [5, 5.41) is 16.8. The molecule has 2 unspecified atom stereocenters. The molecule has 3 N–H and O–H groups in total. The molecule has 2 bridgehead atoms. The van der Waals surface area contributed by atoms with Gasteiger partial charge in [0.2, 0.25) is 17.7 Å². The van der Waals surface area contributed by atoms with Crippen LogP contribution in [-0.2, 0) is 14.4 Å². The highest BCUT2D eigenvalue weighted by molar-refractivity contribution is 8.02. The van der Waals surface area contributed by atoms with Crippen molar-refractivity contribution >= 4 is 35.2 Å². The number of rotatable bonds is 8. The first-order chi connectivity index (χ1) is 17.8. The lowest BCUT2D eigenvalue weighted by Crippen LogP contribution is -2.59. The third-order valence-electron chi connectivity index (χ3n) is 9.58. The Hall–Kier alpha value is -2.06. The van der Waals surface area contributed by atoms with Gasteiger partial charge in [-0.05, 0) is 50.7 Å². The van der Waals surface area contributed by atoms with Gasteiger partial charge in [0.15, 0.2) is 0 Å². The van der Waals surface area contributed by atoms with Crippen LogP contribution in [0.3, 0.4) is 0 Å². The van der Waals surface area contributed by atoms with E-state index in [-0.39, 0.29) is 36.3 Å². The first-order valence-corrected chi connectivity index (χ1v) is 14.9. The minimum absolute atomic E-state index is 0.0311. The molecule has 7 atom stereocenters. The van der Waals surface area contributed by atoms with Gasteiger partial charge in [-0.1, -0.05) is 57.7 Å². The summed E-state index contributed by atoms with van der Waals surface area (Å²) in [7, 11) is 0. The average Bonchev–Trinajstić information content (AvgIpc) is 3.46. The number of carbonyl (C=O) groups is 3. The Kier molecular flexibility index (Phi) is 7.35. The maximum atomic E-state index is 14.4. The zero-order valence-corrected chi connectivity index (χ0v) is 23.1. The number of nitrogens with one attached hydrogen (secondary N) is 2. The first kappa shape index (κ1) is 26.5. The predicted molar refractivity (Wildman–Crippen MR) is 146 cm³/mol. The number of aliphatic hydroxyl groups is 1. The molecular formula is C29H41N3O4S. The number of nitrogens with zero attached hydrogens (tertiary/aromatic N) is 1. The molecule has 5 rings (SSSR count). The molecule has 1 spiro atoms. The van der Waals surface area contributed by atoms with Gasteiger partial charge < -0.3 is 20.6 Å². The lowest BCUT2D eigenvalue weighted by Gasteiger charge is -2.40. The summed E-state index contributed by atoms with van der Waals surface area (Å²) in [6.45, 7) is 5.97. The Morgan fingerprint density at radius 2 is 1.84 bits per heavy atom. The van der Waals surface area contributed by atoms with Gasteiger partial charge in [-0.25, -0.2) is 0 Å². The molecule has 8 heteroatoms. The minimum atomic E-state index is -0.681. The molecule has 1 saturated carbocycles. The van der Waals surface area contributed by atoms with E-state index in [1.165, 1.54) is 6.42 Å². The van der Waals surface area contributed by atoms with Crippen molar-refractivity contribution in [2.24, 2.45) is 17.8 Å². The van der Waals surface area contributed by atoms with Crippen LogP contribution in [0.4, 0.5) is 5.69 Å². The zero-order valence-electron chi connectivity index (χ0n) is 22.2. The van der Waals surface area contributed by atoms with Crippen LogP contribution in [0.15, 0.2) is 30.3 Å². The Morgan fingerprint density at radius 3 is 2.49 bits per heavy atom. The molecule has 1 aliphatic carbocycles. The van der Waals surface area contributed by atoms with Crippen molar-refractivity contribution in [2.75, 3.05) is 11.9 Å². The van der Waals surface area contributed by atoms with E-state index in [1.54, 1.807) is 16.7 Å². The van der Waals surface area contributed by atoms with E-state index in [2.05, 4.69) is 17.6 Å². The Balaban J connectivity index is 1.52. The topological polar surface area (TPSA) is 98.7 Å². The number of hydrogen-bond donors (Lipinski definition) is 3. The molecule has 4 aliphatic rings. The van der Waals surface area contributed by atoms with Crippen LogP contribution in [0.1, 0.15) is 72.1 Å². The van der Waals surface area contributed by atoms with Gasteiger partial charge in [0.25, 0.3) is 0 Å². The highest BCUT2D eigenvalue weighted by atomic mass is 32.2. The molecule has 202 valence electrons. The van der Waals surface area contributed by atoms with Gasteiger partial charge >= 0.3 is 0 Å². The van der Waals surface area contributed by atoms with Gasteiger partial charge in [-0.3, -0.25) is 14.4 Å². The monoisotopic (exact) mass is 527 g/mol. The van der Waals surface area contributed by atoms with Crippen LogP contribution in [0.2, 0.25) is 0 Å². The molecule has 4 fully saturated rings. The second-order valence-electron chi connectivity index (χ2n) is 11.8. The molecule has 37 heavy (non-hydrogen) atoms. The highest BCUT2D eigenvalue weighted by Crippen LogP contribution is 2.71. The van der Waals surface area contributed by atoms with E-state index in [0.717, 1.165) is 44.9 Å². The molecule has 0 radical (unpaired) electrons. The Labute approximate surface area is 224 Å². The fourth-order valence-corrected chi connectivity index (χ4v) is 9.85. The third-order valence-corrected chi connectivity index (χ3v) is 11.6. The summed E-state index contributed by atoms with van der Waals surface area (Å²) in [6, 6.07) is 8.34. The molecule has 7 nitrogen and oxygen atoms in total. The number of likely N-dealkylation sites (tertiary alicyclic amines) is 1. The minimum Gasteiger partial charge on any atom is -0.394 e. The predicted octanol–water partition coefficient (Wildman–Crippen LogP) is 3.96. The van der Waals surface area contributed by atoms with E-state index in [9.17, 15) is 19.5 Å². The second-order valence-corrected chi connectivity index (χ2v) is 13.7. The van der Waals surface area contributed by atoms with Crippen molar-refractivity contribution in [3.8, 4) is 0 Å². The molecule has 3 amide bonds. The van der Waals surface area contributed by atoms with E-state index in [1.807, 2.05) is 44.2 Å². The lowest BCUT2D eigenvalue weighted by atomic mass is 9.66. The van der Waals surface area contributed by atoms with Gasteiger partial charge in [0.05, 0.1) is 29.2 Å². The number of fused-ring (bicyclic) bond motifs is 1. The van der Waals surface area contributed by atoms with Crippen molar-refractivity contribution < 1.29 is 19.5 Å². The van der Waals surface area contributed by atoms with E-state index >= 15 is 0 Å². The molecule has 3 saturated heterocycles. The summed E-state index contributed by atoms with van der Waals surface area (Å²) >= 11 is 1.69. The quantitative estimate of drug-likeness (QED) is 0.475. The lowest BCUT2D eigenvalue weighted by molar-refractivity contribution is -0.144. The van der Waals surface area contributed by atoms with Crippen molar-refractivity contribution in [3.63, 3.8) is 0 Å². The fraction of sp³-hybridized carbons (Fsp3) is 0.690. The van der Waals surface area contributed by atoms with Crippen LogP contribution in [-0.4, -0.2) is 62.0 Å². The number of benzene rings is 1. The number of para-hydroxylation sites is 1. The number of amides is 3. The van der Waals surface area contributed by atoms with Gasteiger partial charge in [-0.15, -0.1) is 11.8 Å². The van der Waals surface area contributed by atoms with Gasteiger partial charge in [-0.2, -0.15) is 0 Å². The molecule has 0 aromatic heterocycles. The summed E-state index contributed by atoms with van der Waals surface area (Å²) in [4.78, 5) is 43.9. The normalized spacial score (nSPS) is 34.8. The first-order valence-electron chi connectivity index (χ1n) is 14.0. The number of carbonyl (C=O) groups excluding carboxylic acids is 3. The maximum Gasteiger partial charge on any atom is 0.244 e. The van der Waals surface area contributed by atoms with E-state index in [4.69, 9.17) is 0 Å². The number of thioether (sulfide) groups is 1. The van der Waals surface area contributed by atoms with E-state index < -0.39 is 33.4 Å². The zero-order chi connectivity index (χ0) is 26.4. The van der Waals surface area contributed by atoms with Crippen LogP contribution in [0.5, 0.6) is 0 Å². The second kappa shape index (κ2) is 10.3. The van der Waals surface area contributed by atoms with Crippen LogP contribution < -0.4 is 10.6 Å². The smallest absolute Gasteiger partial charge is 0.244 e. The Morgan fingerprint density at radius 1 is 1.14 bits per heavy atom. The molecule has 1 aromatic carbocycles. The maximum absolute atomic E-state index is 14.4. The molecule has 3 heterocycles. The number of hydrogen-bond acceptors (Lipinski definition) is 5. The third kappa shape index (κ3) is 4.38. The van der Waals surface area contributed by atoms with Crippen molar-refractivity contribution in [1.29, 1.82) is 0 Å². The van der Waals surface area contributed by atoms with Gasteiger partial charge in [0.1, 0.15) is 6.04 Å². The van der Waals surface area contributed by atoms with Crippen LogP contribution >= 0.6 is 11.8 Å². The van der Waals surface area contributed by atoms with Gasteiger partial charge in [0, 0.05) is 16.5 Å². The largest absolute Gasteiger partial charge is 0.394 e. The summed E-state index contributed by atoms with van der Waals surface area (Å²) in [5.41, 5.74) is 0.708. The average molecular weight is 528 g/mol. The number of aliphatic hydroxyl groups excluding tert-OH is 1. The van der Waals surface area contributed by atoms with Crippen LogP contribution in [0, 0.1) is 17.8 Å². The highest BCUT2D eigenvalue weighted by Gasteiger charge is 2.77. The Bertz CT molecular complexity index is 1030.